The molecule has 2 aromatic carbocycles. The van der Waals surface area contributed by atoms with Gasteiger partial charge in [0.05, 0.1) is 0 Å². The van der Waals surface area contributed by atoms with Crippen LogP contribution in [0.25, 0.3) is 11.1 Å². The first-order valence-electron chi connectivity index (χ1n) is 7.33. The molecule has 0 saturated heterocycles. The summed E-state index contributed by atoms with van der Waals surface area (Å²) in [6, 6.07) is 4.62. The predicted molar refractivity (Wildman–Crippen MR) is 88.0 cm³/mol. The van der Waals surface area contributed by atoms with Crippen LogP contribution in [0.15, 0.2) is 28.7 Å². The zero-order chi connectivity index (χ0) is 22.6. The van der Waals surface area contributed by atoms with E-state index < -0.39 is 56.5 Å². The van der Waals surface area contributed by atoms with Gasteiger partial charge in [-0.1, -0.05) is 17.7 Å². The Morgan fingerprint density at radius 1 is 0.897 bits per heavy atom. The van der Waals surface area contributed by atoms with Crippen molar-refractivity contribution in [3.05, 3.63) is 56.8 Å². The van der Waals surface area contributed by atoms with Gasteiger partial charge < -0.3 is 0 Å². The Morgan fingerprint density at radius 2 is 1.45 bits per heavy atom. The summed E-state index contributed by atoms with van der Waals surface area (Å²) >= 11 is 8.28. The van der Waals surface area contributed by atoms with Crippen LogP contribution in [0.4, 0.5) is 43.9 Å². The van der Waals surface area contributed by atoms with Crippen molar-refractivity contribution >= 4 is 27.5 Å². The van der Waals surface area contributed by atoms with Crippen LogP contribution in [0, 0.1) is 18.8 Å². The molecule has 0 N–H and O–H groups in total. The second kappa shape index (κ2) is 7.33. The summed E-state index contributed by atoms with van der Waals surface area (Å²) in [5.74, 6) is -8.25. The Hall–Kier alpha value is -1.49. The molecule has 0 aliphatic carbocycles. The van der Waals surface area contributed by atoms with E-state index in [4.69, 9.17) is 11.6 Å². The second-order valence-corrected chi connectivity index (χ2v) is 7.14. The average Bonchev–Trinajstić information content (AvgIpc) is 2.53. The van der Waals surface area contributed by atoms with E-state index in [-0.39, 0.29) is 11.1 Å². The van der Waals surface area contributed by atoms with E-state index in [0.717, 1.165) is 13.0 Å². The summed E-state index contributed by atoms with van der Waals surface area (Å²) in [5.41, 5.74) is -11.0. The number of hydrogen-bond donors (Lipinski definition) is 0. The molecule has 0 aliphatic heterocycles. The number of hydrogen-bond acceptors (Lipinski definition) is 0. The minimum absolute atomic E-state index is 0.105. The van der Waals surface area contributed by atoms with Gasteiger partial charge in [0.15, 0.2) is 0 Å². The summed E-state index contributed by atoms with van der Waals surface area (Å²) in [5, 5.41) is -0.293. The lowest BCUT2D eigenvalue weighted by atomic mass is 9.82. The maximum atomic E-state index is 15.1. The lowest BCUT2D eigenvalue weighted by Gasteiger charge is -2.37. The molecule has 0 aliphatic rings. The molecule has 0 saturated carbocycles. The summed E-state index contributed by atoms with van der Waals surface area (Å²) in [4.78, 5) is 0. The standard InChI is InChI=1S/C17H7BrClF10/c1-7-4-10(14(21,16(24,25)26)15(22,23)17(27,28)29)13(11(18)5-7)9-6-8(19)2-3-12(9)20/h2-4,6H,1H3. The summed E-state index contributed by atoms with van der Waals surface area (Å²) < 4.78 is 135. The van der Waals surface area contributed by atoms with Crippen LogP contribution in [0.2, 0.25) is 5.02 Å². The van der Waals surface area contributed by atoms with E-state index in [2.05, 4.69) is 22.0 Å². The van der Waals surface area contributed by atoms with Crippen molar-refractivity contribution in [2.45, 2.75) is 30.9 Å². The monoisotopic (exact) mass is 515 g/mol. The van der Waals surface area contributed by atoms with Crippen LogP contribution in [0.3, 0.4) is 0 Å². The summed E-state index contributed by atoms with van der Waals surface area (Å²) in [7, 11) is 0. The van der Waals surface area contributed by atoms with Gasteiger partial charge in [0.25, 0.3) is 0 Å². The van der Waals surface area contributed by atoms with Gasteiger partial charge in [0.1, 0.15) is 5.82 Å². The van der Waals surface area contributed by atoms with E-state index in [0.29, 0.717) is 12.1 Å². The smallest absolute Gasteiger partial charge is 0.221 e. The predicted octanol–water partition coefficient (Wildman–Crippen LogP) is 7.94. The molecule has 0 fully saturated rings. The van der Waals surface area contributed by atoms with Crippen molar-refractivity contribution in [2.75, 3.05) is 0 Å². The molecule has 2 aromatic rings. The lowest BCUT2D eigenvalue weighted by Crippen LogP contribution is -2.60. The first-order chi connectivity index (χ1) is 12.9. The topological polar surface area (TPSA) is 0 Å². The Balaban J connectivity index is 3.07. The number of rotatable bonds is 3. The van der Waals surface area contributed by atoms with Gasteiger partial charge in [-0.25, -0.2) is 8.78 Å². The molecule has 2 rings (SSSR count). The number of alkyl halides is 9. The molecule has 159 valence electrons. The molecule has 1 atom stereocenters. The van der Waals surface area contributed by atoms with Gasteiger partial charge in [-0.15, -0.1) is 0 Å². The van der Waals surface area contributed by atoms with E-state index in [9.17, 15) is 39.5 Å². The molecule has 12 heteroatoms. The maximum Gasteiger partial charge on any atom is 0.457 e. The normalized spacial score (nSPS) is 15.3. The summed E-state index contributed by atoms with van der Waals surface area (Å²) in [6.45, 7) is 0.981. The first kappa shape index (κ1) is 23.8. The first-order valence-corrected chi connectivity index (χ1v) is 8.50. The second-order valence-electron chi connectivity index (χ2n) is 5.91. The lowest BCUT2D eigenvalue weighted by molar-refractivity contribution is -0.389. The maximum absolute atomic E-state index is 15.1. The van der Waals surface area contributed by atoms with Crippen LogP contribution in [0.1, 0.15) is 11.1 Å². The van der Waals surface area contributed by atoms with Gasteiger partial charge in [-0.3, -0.25) is 0 Å². The van der Waals surface area contributed by atoms with E-state index >= 15 is 4.39 Å². The van der Waals surface area contributed by atoms with Gasteiger partial charge in [0.2, 0.25) is 0 Å². The largest absolute Gasteiger partial charge is 0.457 e. The van der Waals surface area contributed by atoms with Crippen LogP contribution in [0.5, 0.6) is 0 Å². The highest BCUT2D eigenvalue weighted by Crippen LogP contribution is 2.60. The molecule has 1 unspecified atom stereocenters. The Morgan fingerprint density at radius 3 is 1.93 bits per heavy atom. The summed E-state index contributed by atoms with van der Waals surface area (Å²) in [6.07, 6.45) is -13.6. The van der Waals surface area contributed by atoms with Crippen molar-refractivity contribution in [1.29, 1.82) is 0 Å². The molecule has 0 bridgehead atoms. The number of benzene rings is 2. The van der Waals surface area contributed by atoms with Crippen molar-refractivity contribution in [3.8, 4) is 11.1 Å². The van der Waals surface area contributed by atoms with Crippen molar-refractivity contribution in [2.24, 2.45) is 0 Å². The molecule has 0 aromatic heterocycles. The van der Waals surface area contributed by atoms with E-state index in [1.165, 1.54) is 0 Å². The zero-order valence-electron chi connectivity index (χ0n) is 13.8. The Bertz CT molecular complexity index is 935. The van der Waals surface area contributed by atoms with Crippen LogP contribution in [-0.4, -0.2) is 18.3 Å². The van der Waals surface area contributed by atoms with Crippen LogP contribution < -0.4 is 0 Å². The SMILES string of the molecule is Cc1[c]c(Br)c(-c2cc(Cl)ccc2F)c(C(F)(C(F)(F)F)C(F)(F)C(F)(F)F)c1. The minimum atomic E-state index is -6.92. The molecular formula is C17H7BrClF10. The van der Waals surface area contributed by atoms with Gasteiger partial charge in [-0.05, 0) is 46.6 Å². The fourth-order valence-electron chi connectivity index (χ4n) is 2.60. The third-order valence-electron chi connectivity index (χ3n) is 3.90. The van der Waals surface area contributed by atoms with Crippen LogP contribution in [-0.2, 0) is 5.67 Å². The number of halogens is 12. The quantitative estimate of drug-likeness (QED) is 0.363. The van der Waals surface area contributed by atoms with Gasteiger partial charge in [0, 0.05) is 32.3 Å². The third kappa shape index (κ3) is 3.83. The van der Waals surface area contributed by atoms with Crippen molar-refractivity contribution < 1.29 is 43.9 Å². The zero-order valence-corrected chi connectivity index (χ0v) is 16.2. The minimum Gasteiger partial charge on any atom is -0.221 e. The molecule has 29 heavy (non-hydrogen) atoms. The van der Waals surface area contributed by atoms with Gasteiger partial charge in [-0.2, -0.15) is 35.1 Å². The molecule has 0 spiro atoms. The fraction of sp³-hybridized carbons (Fsp3) is 0.294. The molecule has 0 nitrogen and oxygen atoms in total. The Labute approximate surface area is 170 Å². The average molecular weight is 517 g/mol. The van der Waals surface area contributed by atoms with E-state index in [1.54, 1.807) is 0 Å². The highest BCUT2D eigenvalue weighted by Gasteiger charge is 2.82. The fourth-order valence-corrected chi connectivity index (χ4v) is 3.51. The highest BCUT2D eigenvalue weighted by atomic mass is 79.9. The van der Waals surface area contributed by atoms with Crippen LogP contribution >= 0.6 is 27.5 Å². The van der Waals surface area contributed by atoms with E-state index in [1.807, 2.05) is 0 Å². The van der Waals surface area contributed by atoms with Crippen molar-refractivity contribution in [1.82, 2.24) is 0 Å². The number of aryl methyl sites for hydroxylation is 1. The molecule has 0 heterocycles. The third-order valence-corrected chi connectivity index (χ3v) is 4.73. The Kier molecular flexibility index (Phi) is 6.01. The molecule has 1 radical (unpaired) electrons. The molecular weight excluding hydrogens is 510 g/mol. The van der Waals surface area contributed by atoms with Crippen molar-refractivity contribution in [3.63, 3.8) is 0 Å². The highest BCUT2D eigenvalue weighted by molar-refractivity contribution is 9.10. The molecule has 0 amide bonds. The van der Waals surface area contributed by atoms with Gasteiger partial charge >= 0.3 is 23.9 Å².